The van der Waals surface area contributed by atoms with Crippen LogP contribution in [0.25, 0.3) is 0 Å². The van der Waals surface area contributed by atoms with Gasteiger partial charge in [0, 0.05) is 6.20 Å². The predicted molar refractivity (Wildman–Crippen MR) is 49.4 cm³/mol. The molecule has 0 saturated carbocycles. The number of hydrogen-bond acceptors (Lipinski definition) is 1. The van der Waals surface area contributed by atoms with Gasteiger partial charge in [-0.05, 0) is 34.4 Å². The lowest BCUT2D eigenvalue weighted by Crippen LogP contribution is -1.86. The van der Waals surface area contributed by atoms with Gasteiger partial charge in [-0.3, -0.25) is 0 Å². The molecule has 0 fully saturated rings. The fourth-order valence-corrected chi connectivity index (χ4v) is 1.62. The van der Waals surface area contributed by atoms with Gasteiger partial charge in [-0.2, -0.15) is 5.10 Å². The second-order valence-electron chi connectivity index (χ2n) is 1.54. The lowest BCUT2D eigenvalue weighted by molar-refractivity contribution is 0.971. The van der Waals surface area contributed by atoms with Crippen molar-refractivity contribution in [2.75, 3.05) is 0 Å². The number of hydrogen-bond donors (Lipinski definition) is 0. The van der Waals surface area contributed by atoms with Crippen molar-refractivity contribution in [3.05, 3.63) is 18.0 Å². The van der Waals surface area contributed by atoms with E-state index in [-0.39, 0.29) is 0 Å². The van der Waals surface area contributed by atoms with E-state index in [4.69, 9.17) is 7.85 Å². The molecule has 0 aliphatic carbocycles. The molecule has 0 aromatic carbocycles. The smallest absolute Gasteiger partial charge is 0.0738 e. The fourth-order valence-electron chi connectivity index (χ4n) is 0.518. The highest BCUT2D eigenvalue weighted by Gasteiger charge is 1.91. The summed E-state index contributed by atoms with van der Waals surface area (Å²) in [6, 6.07) is 1.94. The molecular formula is C4H5BIN2P. The van der Waals surface area contributed by atoms with Crippen molar-refractivity contribution in [1.29, 1.82) is 0 Å². The Labute approximate surface area is 70.1 Å². The second kappa shape index (κ2) is 3.57. The lowest BCUT2D eigenvalue weighted by Gasteiger charge is -1.88. The summed E-state index contributed by atoms with van der Waals surface area (Å²) in [5, 5.41) is 4.14. The van der Waals surface area contributed by atoms with Gasteiger partial charge >= 0.3 is 0 Å². The summed E-state index contributed by atoms with van der Waals surface area (Å²) < 4.78 is 1.88. The molecule has 1 unspecified atom stereocenters. The monoisotopic (exact) mass is 250 g/mol. The molecule has 1 atom stereocenters. The Balaban J connectivity index is 2.74. The fraction of sp³-hybridized carbons (Fsp3) is 0.250. The Morgan fingerprint density at radius 2 is 2.67 bits per heavy atom. The third-order valence-corrected chi connectivity index (χ3v) is 2.85. The molecule has 1 aromatic rings. The first-order valence-electron chi connectivity index (χ1n) is 2.48. The van der Waals surface area contributed by atoms with Gasteiger partial charge < -0.3 is 0 Å². The van der Waals surface area contributed by atoms with Gasteiger partial charge in [0.05, 0.1) is 19.9 Å². The molecule has 5 heteroatoms. The zero-order chi connectivity index (χ0) is 6.69. The first-order valence-corrected chi connectivity index (χ1v) is 6.54. The molecule has 0 spiro atoms. The summed E-state index contributed by atoms with van der Waals surface area (Å²) in [5.41, 5.74) is 0.958. The Morgan fingerprint density at radius 1 is 1.89 bits per heavy atom. The number of halogens is 1. The minimum atomic E-state index is 0.536. The molecule has 46 valence electrons. The van der Waals surface area contributed by atoms with Crippen LogP contribution in [0.5, 0.6) is 0 Å². The van der Waals surface area contributed by atoms with Crippen molar-refractivity contribution in [3.8, 4) is 0 Å². The topological polar surface area (TPSA) is 17.8 Å². The zero-order valence-corrected chi connectivity index (χ0v) is 7.87. The van der Waals surface area contributed by atoms with Gasteiger partial charge in [-0.1, -0.05) is 0 Å². The quantitative estimate of drug-likeness (QED) is 0.440. The van der Waals surface area contributed by atoms with Crippen molar-refractivity contribution in [2.45, 2.75) is 6.32 Å². The molecule has 0 saturated heterocycles. The number of nitrogens with zero attached hydrogens (tertiary/aromatic N) is 2. The standard InChI is InChI=1S/C4H5BIN2P/c5-3-4-1-2-8(7-4)9-6/h1-2,9H,3H2. The maximum atomic E-state index is 5.34. The van der Waals surface area contributed by atoms with Gasteiger partial charge in [0.1, 0.15) is 0 Å². The molecule has 0 aliphatic heterocycles. The Morgan fingerprint density at radius 3 is 3.00 bits per heavy atom. The van der Waals surface area contributed by atoms with Crippen LogP contribution < -0.4 is 0 Å². The van der Waals surface area contributed by atoms with Crippen molar-refractivity contribution < 1.29 is 0 Å². The summed E-state index contributed by atoms with van der Waals surface area (Å²) in [7, 11) is 5.34. The molecule has 0 bridgehead atoms. The maximum Gasteiger partial charge on any atom is 0.0738 e. The highest BCUT2D eigenvalue weighted by Crippen LogP contribution is 2.21. The van der Waals surface area contributed by atoms with Crippen molar-refractivity contribution in [1.82, 2.24) is 9.55 Å². The minimum absolute atomic E-state index is 0.536. The molecule has 9 heavy (non-hydrogen) atoms. The third-order valence-electron chi connectivity index (χ3n) is 0.940. The number of rotatable bonds is 2. The molecule has 0 amide bonds. The minimum Gasteiger partial charge on any atom is -0.245 e. The third kappa shape index (κ3) is 1.94. The summed E-state index contributed by atoms with van der Waals surface area (Å²) in [4.78, 5) is 0. The van der Waals surface area contributed by atoms with E-state index in [9.17, 15) is 0 Å². The highest BCUT2D eigenvalue weighted by atomic mass is 127. The van der Waals surface area contributed by atoms with Crippen LogP contribution in [0.4, 0.5) is 0 Å². The Kier molecular flexibility index (Phi) is 2.99. The molecule has 1 rings (SSSR count). The van der Waals surface area contributed by atoms with Crippen LogP contribution in [-0.2, 0) is 6.32 Å². The second-order valence-corrected chi connectivity index (χ2v) is 3.61. The van der Waals surface area contributed by atoms with Crippen molar-refractivity contribution in [2.24, 2.45) is 0 Å². The summed E-state index contributed by atoms with van der Waals surface area (Å²) in [6.07, 6.45) is 3.15. The first kappa shape index (κ1) is 7.54. The van der Waals surface area contributed by atoms with Crippen LogP contribution >= 0.6 is 28.4 Å². The molecule has 1 heterocycles. The average Bonchev–Trinajstić information content (AvgIpc) is 2.34. The lowest BCUT2D eigenvalue weighted by atomic mass is 10.0. The largest absolute Gasteiger partial charge is 0.245 e. The van der Waals surface area contributed by atoms with Gasteiger partial charge in [0.15, 0.2) is 0 Å². The average molecular weight is 250 g/mol. The zero-order valence-electron chi connectivity index (χ0n) is 4.71. The maximum absolute atomic E-state index is 5.34. The van der Waals surface area contributed by atoms with E-state index in [1.54, 1.807) is 0 Å². The van der Waals surface area contributed by atoms with Gasteiger partial charge in [0.2, 0.25) is 0 Å². The van der Waals surface area contributed by atoms with Crippen molar-refractivity contribution >= 4 is 36.3 Å². The molecule has 2 nitrogen and oxygen atoms in total. The Hall–Kier alpha value is 0.435. The molecular weight excluding hydrogens is 245 g/mol. The van der Waals surface area contributed by atoms with Crippen LogP contribution in [0, 0.1) is 0 Å². The van der Waals surface area contributed by atoms with Gasteiger partial charge in [-0.25, -0.2) is 4.45 Å². The molecule has 0 N–H and O–H groups in total. The van der Waals surface area contributed by atoms with E-state index in [2.05, 4.69) is 27.1 Å². The van der Waals surface area contributed by atoms with Crippen LogP contribution in [0.15, 0.2) is 12.3 Å². The summed E-state index contributed by atoms with van der Waals surface area (Å²) in [6.45, 7) is 0. The van der Waals surface area contributed by atoms with Crippen molar-refractivity contribution in [3.63, 3.8) is 0 Å². The van der Waals surface area contributed by atoms with Gasteiger partial charge in [0.25, 0.3) is 0 Å². The Bertz CT molecular complexity index is 172. The van der Waals surface area contributed by atoms with E-state index in [1.165, 1.54) is 0 Å². The molecule has 2 radical (unpaired) electrons. The SMILES string of the molecule is [B]Cc1ccn(PI)n1. The number of aromatic nitrogens is 2. The van der Waals surface area contributed by atoms with Crippen LogP contribution in [0.3, 0.4) is 0 Å². The van der Waals surface area contributed by atoms with E-state index < -0.39 is 0 Å². The van der Waals surface area contributed by atoms with E-state index >= 15 is 0 Å². The van der Waals surface area contributed by atoms with Gasteiger partial charge in [-0.15, -0.1) is 0 Å². The summed E-state index contributed by atoms with van der Waals surface area (Å²) >= 11 is 2.27. The molecule has 1 aromatic heterocycles. The van der Waals surface area contributed by atoms with E-state index in [0.717, 1.165) is 5.69 Å². The first-order chi connectivity index (χ1) is 4.36. The van der Waals surface area contributed by atoms with Crippen LogP contribution in [0.2, 0.25) is 0 Å². The molecule has 0 aliphatic rings. The summed E-state index contributed by atoms with van der Waals surface area (Å²) in [5.74, 6) is 0. The van der Waals surface area contributed by atoms with Crippen LogP contribution in [0.1, 0.15) is 5.69 Å². The normalized spacial score (nSPS) is 11.2. The predicted octanol–water partition coefficient (Wildman–Crippen LogP) is 1.34. The van der Waals surface area contributed by atoms with E-state index in [1.807, 2.05) is 16.7 Å². The van der Waals surface area contributed by atoms with E-state index in [0.29, 0.717) is 12.7 Å². The highest BCUT2D eigenvalue weighted by molar-refractivity contribution is 14.2. The van der Waals surface area contributed by atoms with Crippen LogP contribution in [-0.4, -0.2) is 17.4 Å².